The molecule has 0 saturated carbocycles. The molecular formula is C19H29N3O2S. The number of hydrogen-bond acceptors (Lipinski definition) is 5. The fraction of sp³-hybridized carbons (Fsp3) is 0.632. The fourth-order valence-corrected chi connectivity index (χ4v) is 3.96. The zero-order chi connectivity index (χ0) is 18.0. The van der Waals surface area contributed by atoms with Gasteiger partial charge in [-0.25, -0.2) is 4.98 Å². The van der Waals surface area contributed by atoms with Gasteiger partial charge in [-0.2, -0.15) is 0 Å². The Balaban J connectivity index is 1.97. The Bertz CT molecular complexity index is 717. The molecule has 6 heteroatoms. The predicted molar refractivity (Wildman–Crippen MR) is 103 cm³/mol. The standard InChI is InChI=1S/C19H29N3O2S/c1-19(2,3)18-20-16-12-15(25-21(4)23-5)6-7-17(16)22(18)13-14-8-10-24-11-9-14/h6-7,12,14H,8-11,13H2,1-5H3. The Labute approximate surface area is 154 Å². The lowest BCUT2D eigenvalue weighted by molar-refractivity contribution is -0.0146. The quantitative estimate of drug-likeness (QED) is 0.586. The molecule has 0 radical (unpaired) electrons. The Kier molecular flexibility index (Phi) is 5.73. The van der Waals surface area contributed by atoms with Crippen molar-refractivity contribution in [1.29, 1.82) is 0 Å². The second-order valence-corrected chi connectivity index (χ2v) is 8.88. The smallest absolute Gasteiger partial charge is 0.115 e. The molecule has 0 atom stereocenters. The summed E-state index contributed by atoms with van der Waals surface area (Å²) < 4.78 is 9.69. The SMILES string of the molecule is CON(C)Sc1ccc2c(c1)nc(C(C)(C)C)n2CC1CCOCC1. The van der Waals surface area contributed by atoms with Crippen LogP contribution in [0.15, 0.2) is 23.1 Å². The summed E-state index contributed by atoms with van der Waals surface area (Å²) in [5, 5.41) is 0. The molecule has 0 unspecified atom stereocenters. The van der Waals surface area contributed by atoms with E-state index in [-0.39, 0.29) is 5.41 Å². The minimum absolute atomic E-state index is 0.0147. The number of benzene rings is 1. The minimum Gasteiger partial charge on any atom is -0.381 e. The van der Waals surface area contributed by atoms with Crippen LogP contribution in [0, 0.1) is 5.92 Å². The highest BCUT2D eigenvalue weighted by Crippen LogP contribution is 2.31. The van der Waals surface area contributed by atoms with Crippen molar-refractivity contribution in [3.05, 3.63) is 24.0 Å². The van der Waals surface area contributed by atoms with E-state index in [1.165, 1.54) is 5.52 Å². The average Bonchev–Trinajstić information content (AvgIpc) is 2.94. The largest absolute Gasteiger partial charge is 0.381 e. The van der Waals surface area contributed by atoms with Gasteiger partial charge in [0.25, 0.3) is 0 Å². The molecule has 3 rings (SSSR count). The molecule has 138 valence electrons. The van der Waals surface area contributed by atoms with Crippen molar-refractivity contribution in [3.63, 3.8) is 0 Å². The zero-order valence-electron chi connectivity index (χ0n) is 15.9. The van der Waals surface area contributed by atoms with Crippen LogP contribution in [-0.2, 0) is 21.5 Å². The molecule has 0 aliphatic carbocycles. The van der Waals surface area contributed by atoms with Crippen LogP contribution in [0.1, 0.15) is 39.4 Å². The van der Waals surface area contributed by atoms with Crippen LogP contribution < -0.4 is 0 Å². The summed E-state index contributed by atoms with van der Waals surface area (Å²) in [4.78, 5) is 11.3. The van der Waals surface area contributed by atoms with E-state index in [1.54, 1.807) is 23.5 Å². The maximum absolute atomic E-state index is 5.52. The molecule has 25 heavy (non-hydrogen) atoms. The third-order valence-electron chi connectivity index (χ3n) is 4.66. The van der Waals surface area contributed by atoms with Gasteiger partial charge in [0.15, 0.2) is 0 Å². The number of rotatable bonds is 5. The van der Waals surface area contributed by atoms with Gasteiger partial charge < -0.3 is 9.30 Å². The molecule has 0 N–H and O–H groups in total. The van der Waals surface area contributed by atoms with Crippen molar-refractivity contribution in [2.75, 3.05) is 27.4 Å². The molecule has 0 amide bonds. The molecule has 1 aromatic carbocycles. The lowest BCUT2D eigenvalue weighted by Crippen LogP contribution is -2.25. The number of hydroxylamine groups is 1. The zero-order valence-corrected chi connectivity index (χ0v) is 16.7. The highest BCUT2D eigenvalue weighted by Gasteiger charge is 2.25. The molecule has 0 spiro atoms. The molecule has 2 heterocycles. The van der Waals surface area contributed by atoms with Crippen molar-refractivity contribution < 1.29 is 9.57 Å². The van der Waals surface area contributed by atoms with E-state index in [2.05, 4.69) is 43.5 Å². The second kappa shape index (κ2) is 7.66. The molecule has 1 aromatic heterocycles. The van der Waals surface area contributed by atoms with Gasteiger partial charge in [0.2, 0.25) is 0 Å². The van der Waals surface area contributed by atoms with Gasteiger partial charge in [-0.3, -0.25) is 4.84 Å². The molecule has 1 aliphatic heterocycles. The first-order chi connectivity index (χ1) is 11.9. The minimum atomic E-state index is 0.0147. The lowest BCUT2D eigenvalue weighted by Gasteiger charge is -2.26. The van der Waals surface area contributed by atoms with Crippen LogP contribution in [0.4, 0.5) is 0 Å². The number of ether oxygens (including phenoxy) is 1. The first kappa shape index (κ1) is 18.7. The van der Waals surface area contributed by atoms with Gasteiger partial charge >= 0.3 is 0 Å². The predicted octanol–water partition coefficient (Wildman–Crippen LogP) is 4.26. The number of fused-ring (bicyclic) bond motifs is 1. The van der Waals surface area contributed by atoms with Crippen molar-refractivity contribution in [3.8, 4) is 0 Å². The van der Waals surface area contributed by atoms with Gasteiger partial charge in [0.05, 0.1) is 18.1 Å². The van der Waals surface area contributed by atoms with Crippen molar-refractivity contribution in [2.24, 2.45) is 5.92 Å². The van der Waals surface area contributed by atoms with Gasteiger partial charge in [-0.1, -0.05) is 20.8 Å². The molecule has 0 bridgehead atoms. The highest BCUT2D eigenvalue weighted by atomic mass is 32.2. The Morgan fingerprint density at radius 2 is 2.04 bits per heavy atom. The lowest BCUT2D eigenvalue weighted by atomic mass is 9.94. The van der Waals surface area contributed by atoms with Gasteiger partial charge in [-0.05, 0) is 48.9 Å². The summed E-state index contributed by atoms with van der Waals surface area (Å²) in [5.74, 6) is 1.83. The number of imidazole rings is 1. The molecular weight excluding hydrogens is 334 g/mol. The first-order valence-corrected chi connectivity index (χ1v) is 9.70. The van der Waals surface area contributed by atoms with Gasteiger partial charge in [0, 0.05) is 37.1 Å². The molecule has 5 nitrogen and oxygen atoms in total. The van der Waals surface area contributed by atoms with E-state index >= 15 is 0 Å². The fourth-order valence-electron chi connectivity index (χ4n) is 3.30. The second-order valence-electron chi connectivity index (χ2n) is 7.72. The van der Waals surface area contributed by atoms with Crippen LogP contribution in [0.5, 0.6) is 0 Å². The summed E-state index contributed by atoms with van der Waals surface area (Å²) >= 11 is 1.56. The molecule has 1 saturated heterocycles. The van der Waals surface area contributed by atoms with Crippen molar-refractivity contribution in [1.82, 2.24) is 14.0 Å². The van der Waals surface area contributed by atoms with Gasteiger partial charge in [-0.15, -0.1) is 4.47 Å². The van der Waals surface area contributed by atoms with Crippen LogP contribution in [-0.4, -0.2) is 41.4 Å². The molecule has 2 aromatic rings. The Morgan fingerprint density at radius 3 is 2.68 bits per heavy atom. The third kappa shape index (κ3) is 4.37. The van der Waals surface area contributed by atoms with E-state index in [0.29, 0.717) is 5.92 Å². The highest BCUT2D eigenvalue weighted by molar-refractivity contribution is 7.96. The maximum atomic E-state index is 5.52. The third-order valence-corrected chi connectivity index (χ3v) is 5.53. The van der Waals surface area contributed by atoms with Crippen LogP contribution in [0.25, 0.3) is 11.0 Å². The van der Waals surface area contributed by atoms with Crippen molar-refractivity contribution >= 4 is 23.0 Å². The van der Waals surface area contributed by atoms with E-state index < -0.39 is 0 Å². The molecule has 1 aliphatic rings. The number of aromatic nitrogens is 2. The molecule has 1 fully saturated rings. The van der Waals surface area contributed by atoms with E-state index in [4.69, 9.17) is 14.6 Å². The van der Waals surface area contributed by atoms with Crippen LogP contribution in [0.3, 0.4) is 0 Å². The summed E-state index contributed by atoms with van der Waals surface area (Å²) in [5.41, 5.74) is 2.30. The summed E-state index contributed by atoms with van der Waals surface area (Å²) in [6, 6.07) is 6.51. The van der Waals surface area contributed by atoms with E-state index in [1.807, 2.05) is 7.05 Å². The number of nitrogens with zero attached hydrogens (tertiary/aromatic N) is 3. The van der Waals surface area contributed by atoms with E-state index in [0.717, 1.165) is 48.8 Å². The van der Waals surface area contributed by atoms with Crippen LogP contribution in [0.2, 0.25) is 0 Å². The first-order valence-electron chi connectivity index (χ1n) is 8.93. The monoisotopic (exact) mass is 363 g/mol. The van der Waals surface area contributed by atoms with E-state index in [9.17, 15) is 0 Å². The average molecular weight is 364 g/mol. The Morgan fingerprint density at radius 1 is 1.32 bits per heavy atom. The summed E-state index contributed by atoms with van der Waals surface area (Å²) in [7, 11) is 3.57. The topological polar surface area (TPSA) is 39.5 Å². The normalized spacial score (nSPS) is 16.9. The van der Waals surface area contributed by atoms with Crippen molar-refractivity contribution in [2.45, 2.75) is 50.5 Å². The number of hydrogen-bond donors (Lipinski definition) is 0. The maximum Gasteiger partial charge on any atom is 0.115 e. The Hall–Kier alpha value is -1.08. The summed E-state index contributed by atoms with van der Waals surface area (Å²) in [6.07, 6.45) is 2.27. The summed E-state index contributed by atoms with van der Waals surface area (Å²) in [6.45, 7) is 9.50. The van der Waals surface area contributed by atoms with Crippen LogP contribution >= 0.6 is 11.9 Å². The van der Waals surface area contributed by atoms with Gasteiger partial charge in [0.1, 0.15) is 5.82 Å².